The zero-order chi connectivity index (χ0) is 17.9. The maximum Gasteiger partial charge on any atom is 0.254 e. The fourth-order valence-electron chi connectivity index (χ4n) is 3.04. The fraction of sp³-hybridized carbons (Fsp3) is 0.278. The molecule has 1 amide bonds. The van der Waals surface area contributed by atoms with Crippen molar-refractivity contribution in [2.75, 3.05) is 31.1 Å². The van der Waals surface area contributed by atoms with E-state index in [2.05, 4.69) is 25.1 Å². The molecular formula is C18H19N7O. The minimum atomic E-state index is 0.0126. The molecule has 3 aromatic heterocycles. The minimum absolute atomic E-state index is 0.0126. The number of nitrogens with zero attached hydrogens (tertiary/aromatic N) is 7. The van der Waals surface area contributed by atoms with Gasteiger partial charge in [0.25, 0.3) is 5.91 Å². The smallest absolute Gasteiger partial charge is 0.254 e. The number of amides is 1. The second kappa shape index (κ2) is 6.91. The van der Waals surface area contributed by atoms with Crippen molar-refractivity contribution in [2.24, 2.45) is 0 Å². The molecule has 0 atom stereocenters. The highest BCUT2D eigenvalue weighted by Crippen LogP contribution is 2.16. The third-order valence-corrected chi connectivity index (χ3v) is 4.44. The van der Waals surface area contributed by atoms with Crippen LogP contribution in [-0.4, -0.2) is 61.7 Å². The molecule has 132 valence electrons. The van der Waals surface area contributed by atoms with E-state index >= 15 is 0 Å². The maximum atomic E-state index is 12.8. The molecule has 1 aliphatic rings. The van der Waals surface area contributed by atoms with Crippen LogP contribution in [0.5, 0.6) is 0 Å². The van der Waals surface area contributed by atoms with Gasteiger partial charge in [-0.2, -0.15) is 0 Å². The van der Waals surface area contributed by atoms with Gasteiger partial charge in [-0.1, -0.05) is 6.07 Å². The monoisotopic (exact) mass is 349 g/mol. The second-order valence-corrected chi connectivity index (χ2v) is 6.19. The van der Waals surface area contributed by atoms with Gasteiger partial charge >= 0.3 is 0 Å². The normalized spacial score (nSPS) is 14.5. The van der Waals surface area contributed by atoms with Crippen molar-refractivity contribution < 1.29 is 4.79 Å². The summed E-state index contributed by atoms with van der Waals surface area (Å²) in [5, 5.41) is 7.54. The molecule has 1 fully saturated rings. The summed E-state index contributed by atoms with van der Waals surface area (Å²) >= 11 is 0. The van der Waals surface area contributed by atoms with Gasteiger partial charge in [0.1, 0.15) is 24.3 Å². The number of hydrogen-bond acceptors (Lipinski definition) is 6. The quantitative estimate of drug-likeness (QED) is 0.710. The molecule has 1 aliphatic heterocycles. The highest BCUT2D eigenvalue weighted by molar-refractivity contribution is 5.94. The number of aromatic nitrogens is 5. The van der Waals surface area contributed by atoms with E-state index in [9.17, 15) is 4.79 Å². The van der Waals surface area contributed by atoms with Gasteiger partial charge in [-0.3, -0.25) is 9.36 Å². The molecule has 8 heteroatoms. The Labute approximate surface area is 151 Å². The van der Waals surface area contributed by atoms with E-state index in [0.29, 0.717) is 24.5 Å². The van der Waals surface area contributed by atoms with E-state index in [1.165, 1.54) is 0 Å². The van der Waals surface area contributed by atoms with Crippen LogP contribution in [0.15, 0.2) is 49.2 Å². The van der Waals surface area contributed by atoms with Crippen LogP contribution in [0.1, 0.15) is 16.1 Å². The average molecular weight is 349 g/mol. The second-order valence-electron chi connectivity index (χ2n) is 6.19. The summed E-state index contributed by atoms with van der Waals surface area (Å²) in [4.78, 5) is 25.8. The maximum absolute atomic E-state index is 12.8. The lowest BCUT2D eigenvalue weighted by atomic mass is 10.2. The summed E-state index contributed by atoms with van der Waals surface area (Å²) in [6, 6.07) is 9.52. The van der Waals surface area contributed by atoms with Crippen LogP contribution in [0.2, 0.25) is 0 Å². The summed E-state index contributed by atoms with van der Waals surface area (Å²) in [5.74, 6) is 1.61. The molecular weight excluding hydrogens is 330 g/mol. The van der Waals surface area contributed by atoms with E-state index in [-0.39, 0.29) is 5.91 Å². The van der Waals surface area contributed by atoms with Gasteiger partial charge in [0.05, 0.1) is 0 Å². The number of carbonyl (C=O) groups is 1. The first kappa shape index (κ1) is 16.2. The van der Waals surface area contributed by atoms with Crippen molar-refractivity contribution in [1.29, 1.82) is 0 Å². The predicted molar refractivity (Wildman–Crippen MR) is 96.2 cm³/mol. The summed E-state index contributed by atoms with van der Waals surface area (Å²) in [7, 11) is 0. The molecule has 0 bridgehead atoms. The summed E-state index contributed by atoms with van der Waals surface area (Å²) in [6.07, 6.45) is 4.75. The van der Waals surface area contributed by atoms with Crippen LogP contribution in [0.3, 0.4) is 0 Å². The molecule has 0 radical (unpaired) electrons. The molecule has 3 aromatic rings. The van der Waals surface area contributed by atoms with Crippen LogP contribution < -0.4 is 4.90 Å². The highest BCUT2D eigenvalue weighted by Gasteiger charge is 2.23. The topological polar surface area (TPSA) is 80.0 Å². The van der Waals surface area contributed by atoms with Crippen LogP contribution in [0, 0.1) is 6.92 Å². The molecule has 1 saturated heterocycles. The van der Waals surface area contributed by atoms with E-state index in [1.54, 1.807) is 35.6 Å². The lowest BCUT2D eigenvalue weighted by Gasteiger charge is -2.35. The Morgan fingerprint density at radius 3 is 2.50 bits per heavy atom. The molecule has 0 unspecified atom stereocenters. The first-order valence-corrected chi connectivity index (χ1v) is 8.50. The Morgan fingerprint density at radius 2 is 1.77 bits per heavy atom. The van der Waals surface area contributed by atoms with Gasteiger partial charge < -0.3 is 9.80 Å². The van der Waals surface area contributed by atoms with Crippen LogP contribution in [0.4, 0.5) is 5.82 Å². The van der Waals surface area contributed by atoms with Crippen molar-refractivity contribution in [3.63, 3.8) is 0 Å². The van der Waals surface area contributed by atoms with Crippen LogP contribution >= 0.6 is 0 Å². The Kier molecular flexibility index (Phi) is 4.30. The number of hydrogen-bond donors (Lipinski definition) is 0. The lowest BCUT2D eigenvalue weighted by Crippen LogP contribution is -2.49. The number of rotatable bonds is 3. The summed E-state index contributed by atoms with van der Waals surface area (Å²) < 4.78 is 1.68. The van der Waals surface area contributed by atoms with Gasteiger partial charge in [0, 0.05) is 43.6 Å². The zero-order valence-electron chi connectivity index (χ0n) is 14.5. The average Bonchev–Trinajstić information content (AvgIpc) is 3.23. The standard InChI is InChI=1S/C18H19N7O/c1-14-3-2-4-16(22-14)23-7-9-24(10-8-23)18(26)15-5-6-19-17(11-15)25-12-20-21-13-25/h2-6,11-13H,7-10H2,1H3. The SMILES string of the molecule is Cc1cccc(N2CCN(C(=O)c3ccnc(-n4cnnc4)c3)CC2)n1. The Morgan fingerprint density at radius 1 is 1.00 bits per heavy atom. The molecule has 0 aromatic carbocycles. The number of carbonyl (C=O) groups excluding carboxylic acids is 1. The zero-order valence-corrected chi connectivity index (χ0v) is 14.5. The predicted octanol–water partition coefficient (Wildman–Crippen LogP) is 1.33. The van der Waals surface area contributed by atoms with E-state index in [0.717, 1.165) is 24.6 Å². The number of pyridine rings is 2. The molecule has 4 rings (SSSR count). The molecule has 0 spiro atoms. The fourth-order valence-corrected chi connectivity index (χ4v) is 3.04. The molecule has 0 saturated carbocycles. The molecule has 26 heavy (non-hydrogen) atoms. The van der Waals surface area contributed by atoms with Gasteiger partial charge in [0.2, 0.25) is 0 Å². The molecule has 0 N–H and O–H groups in total. The number of piperazine rings is 1. The Hall–Kier alpha value is -3.29. The van der Waals surface area contributed by atoms with Gasteiger partial charge in [0.15, 0.2) is 0 Å². The Balaban J connectivity index is 1.45. The lowest BCUT2D eigenvalue weighted by molar-refractivity contribution is 0.0746. The molecule has 0 aliphatic carbocycles. The summed E-state index contributed by atoms with van der Waals surface area (Å²) in [5.41, 5.74) is 1.62. The van der Waals surface area contributed by atoms with Crippen molar-refractivity contribution >= 4 is 11.7 Å². The third kappa shape index (κ3) is 3.26. The van der Waals surface area contributed by atoms with Crippen molar-refractivity contribution in [3.05, 3.63) is 60.4 Å². The van der Waals surface area contributed by atoms with Crippen molar-refractivity contribution in [2.45, 2.75) is 6.92 Å². The first-order chi connectivity index (χ1) is 12.7. The van der Waals surface area contributed by atoms with Crippen LogP contribution in [0.25, 0.3) is 5.82 Å². The highest BCUT2D eigenvalue weighted by atomic mass is 16.2. The number of anilines is 1. The van der Waals surface area contributed by atoms with Crippen molar-refractivity contribution in [3.8, 4) is 5.82 Å². The largest absolute Gasteiger partial charge is 0.353 e. The van der Waals surface area contributed by atoms with E-state index in [1.807, 2.05) is 30.0 Å². The number of aryl methyl sites for hydroxylation is 1. The van der Waals surface area contributed by atoms with Gasteiger partial charge in [-0.15, -0.1) is 10.2 Å². The van der Waals surface area contributed by atoms with Crippen molar-refractivity contribution in [1.82, 2.24) is 29.6 Å². The van der Waals surface area contributed by atoms with Gasteiger partial charge in [-0.05, 0) is 31.2 Å². The molecule has 4 heterocycles. The van der Waals surface area contributed by atoms with E-state index < -0.39 is 0 Å². The third-order valence-electron chi connectivity index (χ3n) is 4.44. The summed E-state index contributed by atoms with van der Waals surface area (Å²) in [6.45, 7) is 4.86. The van der Waals surface area contributed by atoms with Crippen LogP contribution in [-0.2, 0) is 0 Å². The first-order valence-electron chi connectivity index (χ1n) is 8.50. The molecule has 8 nitrogen and oxygen atoms in total. The van der Waals surface area contributed by atoms with E-state index in [4.69, 9.17) is 0 Å². The Bertz CT molecular complexity index is 901. The van der Waals surface area contributed by atoms with Gasteiger partial charge in [-0.25, -0.2) is 9.97 Å². The minimum Gasteiger partial charge on any atom is -0.353 e.